The monoisotopic (exact) mass is 263 g/mol. The molecule has 18 heavy (non-hydrogen) atoms. The van der Waals surface area contributed by atoms with Gasteiger partial charge < -0.3 is 10.4 Å². The third kappa shape index (κ3) is 1.99. The van der Waals surface area contributed by atoms with Crippen molar-refractivity contribution in [2.24, 2.45) is 17.8 Å². The van der Waals surface area contributed by atoms with Crippen molar-refractivity contribution in [2.45, 2.75) is 12.8 Å². The normalized spacial score (nSPS) is 28.6. The third-order valence-corrected chi connectivity index (χ3v) is 4.15. The highest BCUT2D eigenvalue weighted by Gasteiger charge is 2.39. The standard InChI is InChI=1S/C14H14ClNO2/c15-12-4-3-10(7-13(12)17)16-14(18)11-6-8-1-2-9(11)5-8/h1-4,7-9,11,17H,5-6H2,(H,16,18). The second-order valence-electron chi connectivity index (χ2n) is 5.04. The van der Waals surface area contributed by atoms with Crippen LogP contribution in [0.2, 0.25) is 5.02 Å². The lowest BCUT2D eigenvalue weighted by atomic mass is 9.93. The number of nitrogens with one attached hydrogen (secondary N) is 1. The summed E-state index contributed by atoms with van der Waals surface area (Å²) in [5.74, 6) is 1.05. The molecule has 3 unspecified atom stereocenters. The van der Waals surface area contributed by atoms with E-state index in [9.17, 15) is 9.90 Å². The Bertz CT molecular complexity index is 527. The second-order valence-corrected chi connectivity index (χ2v) is 5.45. The van der Waals surface area contributed by atoms with Crippen LogP contribution in [0.15, 0.2) is 30.4 Å². The van der Waals surface area contributed by atoms with Gasteiger partial charge in [-0.05, 0) is 36.8 Å². The van der Waals surface area contributed by atoms with Gasteiger partial charge in [0.1, 0.15) is 5.75 Å². The van der Waals surface area contributed by atoms with Gasteiger partial charge in [-0.3, -0.25) is 4.79 Å². The van der Waals surface area contributed by atoms with E-state index in [4.69, 9.17) is 11.6 Å². The number of hydrogen-bond acceptors (Lipinski definition) is 2. The molecule has 0 saturated heterocycles. The summed E-state index contributed by atoms with van der Waals surface area (Å²) in [4.78, 5) is 12.1. The van der Waals surface area contributed by atoms with Gasteiger partial charge in [0.15, 0.2) is 0 Å². The van der Waals surface area contributed by atoms with E-state index >= 15 is 0 Å². The van der Waals surface area contributed by atoms with Gasteiger partial charge in [-0.2, -0.15) is 0 Å². The van der Waals surface area contributed by atoms with Crippen LogP contribution in [0.4, 0.5) is 5.69 Å². The first-order valence-corrected chi connectivity index (χ1v) is 6.49. The maximum Gasteiger partial charge on any atom is 0.228 e. The van der Waals surface area contributed by atoms with Crippen molar-refractivity contribution in [1.29, 1.82) is 0 Å². The Labute approximate surface area is 110 Å². The van der Waals surface area contributed by atoms with Crippen LogP contribution in [0, 0.1) is 17.8 Å². The fourth-order valence-electron chi connectivity index (χ4n) is 2.91. The van der Waals surface area contributed by atoms with Crippen molar-refractivity contribution in [2.75, 3.05) is 5.32 Å². The van der Waals surface area contributed by atoms with Crippen molar-refractivity contribution in [3.8, 4) is 5.75 Å². The smallest absolute Gasteiger partial charge is 0.228 e. The Hall–Kier alpha value is -1.48. The Morgan fingerprint density at radius 1 is 1.33 bits per heavy atom. The van der Waals surface area contributed by atoms with Crippen molar-refractivity contribution < 1.29 is 9.90 Å². The maximum absolute atomic E-state index is 12.1. The van der Waals surface area contributed by atoms with Crippen molar-refractivity contribution in [1.82, 2.24) is 0 Å². The average Bonchev–Trinajstić information content (AvgIpc) is 2.96. The highest BCUT2D eigenvalue weighted by Crippen LogP contribution is 2.43. The zero-order valence-corrected chi connectivity index (χ0v) is 10.5. The zero-order valence-electron chi connectivity index (χ0n) is 9.77. The molecule has 3 atom stereocenters. The van der Waals surface area contributed by atoms with E-state index < -0.39 is 0 Å². The number of allylic oxidation sites excluding steroid dienone is 2. The number of phenols is 1. The summed E-state index contributed by atoms with van der Waals surface area (Å²) in [6, 6.07) is 4.75. The number of amides is 1. The lowest BCUT2D eigenvalue weighted by Gasteiger charge is -2.17. The Morgan fingerprint density at radius 3 is 2.78 bits per heavy atom. The molecular weight excluding hydrogens is 250 g/mol. The highest BCUT2D eigenvalue weighted by atomic mass is 35.5. The summed E-state index contributed by atoms with van der Waals surface area (Å²) in [6.07, 6.45) is 6.40. The number of aromatic hydroxyl groups is 1. The van der Waals surface area contributed by atoms with Crippen LogP contribution < -0.4 is 5.32 Å². The number of phenolic OH excluding ortho intramolecular Hbond substituents is 1. The Balaban J connectivity index is 1.71. The largest absolute Gasteiger partial charge is 0.506 e. The Kier molecular flexibility index (Phi) is 2.78. The molecule has 0 aromatic heterocycles. The summed E-state index contributed by atoms with van der Waals surface area (Å²) in [6.45, 7) is 0. The molecule has 0 spiro atoms. The molecule has 0 radical (unpaired) electrons. The van der Waals surface area contributed by atoms with Crippen LogP contribution >= 0.6 is 11.6 Å². The number of halogens is 1. The maximum atomic E-state index is 12.1. The van der Waals surface area contributed by atoms with E-state index in [1.807, 2.05) is 0 Å². The third-order valence-electron chi connectivity index (χ3n) is 3.83. The van der Waals surface area contributed by atoms with Crippen molar-refractivity contribution >= 4 is 23.2 Å². The fraction of sp³-hybridized carbons (Fsp3) is 0.357. The number of anilines is 1. The van der Waals surface area contributed by atoms with E-state index in [1.165, 1.54) is 6.07 Å². The van der Waals surface area contributed by atoms with Crippen LogP contribution in [0.5, 0.6) is 5.75 Å². The quantitative estimate of drug-likeness (QED) is 0.805. The van der Waals surface area contributed by atoms with Gasteiger partial charge in [0.2, 0.25) is 5.91 Å². The number of carbonyl (C=O) groups excluding carboxylic acids is 1. The van der Waals surface area contributed by atoms with E-state index in [0.717, 1.165) is 12.8 Å². The first-order valence-electron chi connectivity index (χ1n) is 6.11. The molecular formula is C14H14ClNO2. The number of hydrogen-bond donors (Lipinski definition) is 2. The first kappa shape index (κ1) is 11.6. The fourth-order valence-corrected chi connectivity index (χ4v) is 3.03. The SMILES string of the molecule is O=C(Nc1ccc(Cl)c(O)c1)C1CC2C=CC1C2. The average molecular weight is 264 g/mol. The highest BCUT2D eigenvalue weighted by molar-refractivity contribution is 6.32. The summed E-state index contributed by atoms with van der Waals surface area (Å²) in [7, 11) is 0. The molecule has 1 fully saturated rings. The molecule has 3 nitrogen and oxygen atoms in total. The van der Waals surface area contributed by atoms with Crippen molar-refractivity contribution in [3.63, 3.8) is 0 Å². The van der Waals surface area contributed by atoms with Crippen LogP contribution in [0.25, 0.3) is 0 Å². The molecule has 1 amide bonds. The number of carbonyl (C=O) groups is 1. The second kappa shape index (κ2) is 4.32. The molecule has 2 bridgehead atoms. The van der Waals surface area contributed by atoms with Crippen LogP contribution in [0.1, 0.15) is 12.8 Å². The molecule has 1 saturated carbocycles. The lowest BCUT2D eigenvalue weighted by Crippen LogP contribution is -2.25. The van der Waals surface area contributed by atoms with Gasteiger partial charge in [-0.15, -0.1) is 0 Å². The van der Waals surface area contributed by atoms with E-state index in [1.54, 1.807) is 12.1 Å². The molecule has 0 aliphatic heterocycles. The van der Waals surface area contributed by atoms with Crippen molar-refractivity contribution in [3.05, 3.63) is 35.4 Å². The van der Waals surface area contributed by atoms with Crippen LogP contribution in [0.3, 0.4) is 0 Å². The minimum Gasteiger partial charge on any atom is -0.506 e. The van der Waals surface area contributed by atoms with Gasteiger partial charge in [0.05, 0.1) is 5.02 Å². The molecule has 0 heterocycles. The molecule has 3 rings (SSSR count). The predicted molar refractivity (Wildman–Crippen MR) is 70.6 cm³/mol. The van der Waals surface area contributed by atoms with Gasteiger partial charge >= 0.3 is 0 Å². The van der Waals surface area contributed by atoms with Crippen LogP contribution in [-0.4, -0.2) is 11.0 Å². The molecule has 4 heteroatoms. The molecule has 2 N–H and O–H groups in total. The van der Waals surface area contributed by atoms with E-state index in [2.05, 4.69) is 17.5 Å². The summed E-state index contributed by atoms with van der Waals surface area (Å²) < 4.78 is 0. The van der Waals surface area contributed by atoms with Crippen LogP contribution in [-0.2, 0) is 4.79 Å². The first-order chi connectivity index (χ1) is 8.63. The minimum atomic E-state index is -0.0118. The molecule has 2 aliphatic rings. The molecule has 2 aliphatic carbocycles. The summed E-state index contributed by atoms with van der Waals surface area (Å²) in [5, 5.41) is 12.6. The predicted octanol–water partition coefficient (Wildman–Crippen LogP) is 3.20. The Morgan fingerprint density at radius 2 is 2.17 bits per heavy atom. The zero-order chi connectivity index (χ0) is 12.7. The molecule has 94 valence electrons. The van der Waals surface area contributed by atoms with Gasteiger partial charge in [0.25, 0.3) is 0 Å². The van der Waals surface area contributed by atoms with Gasteiger partial charge in [0, 0.05) is 17.7 Å². The van der Waals surface area contributed by atoms with E-state index in [-0.39, 0.29) is 22.6 Å². The molecule has 1 aromatic carbocycles. The van der Waals surface area contributed by atoms with Gasteiger partial charge in [-0.1, -0.05) is 23.8 Å². The number of rotatable bonds is 2. The number of benzene rings is 1. The summed E-state index contributed by atoms with van der Waals surface area (Å²) in [5.41, 5.74) is 0.591. The van der Waals surface area contributed by atoms with E-state index in [0.29, 0.717) is 17.5 Å². The summed E-state index contributed by atoms with van der Waals surface area (Å²) >= 11 is 5.72. The minimum absolute atomic E-state index is 0.0118. The number of fused-ring (bicyclic) bond motifs is 2. The topological polar surface area (TPSA) is 49.3 Å². The van der Waals surface area contributed by atoms with Gasteiger partial charge in [-0.25, -0.2) is 0 Å². The lowest BCUT2D eigenvalue weighted by molar-refractivity contribution is -0.120. The molecule has 1 aromatic rings.